The smallest absolute Gasteiger partial charge is 0.164 e. The van der Waals surface area contributed by atoms with Crippen LogP contribution in [-0.4, -0.2) is 26.4 Å². The van der Waals surface area contributed by atoms with Crippen molar-refractivity contribution < 1.29 is 0 Å². The summed E-state index contributed by atoms with van der Waals surface area (Å²) in [7, 11) is 0. The van der Waals surface area contributed by atoms with Crippen molar-refractivity contribution in [3.8, 4) is 78.7 Å². The highest BCUT2D eigenvalue weighted by atomic mass is 15.0. The maximum atomic E-state index is 8.88. The second-order valence-corrected chi connectivity index (χ2v) is 14.4. The Bertz CT molecular complexity index is 2890. The fraction of sp³-hybridized carbons (Fsp3) is 0. The molecule has 0 unspecified atom stereocenters. The number of nitrogens with one attached hydrogen (secondary N) is 2. The van der Waals surface area contributed by atoms with Gasteiger partial charge < -0.3 is 10.8 Å². The average molecular weight is 770 g/mol. The van der Waals surface area contributed by atoms with Gasteiger partial charge in [-0.25, -0.2) is 15.0 Å². The fourth-order valence-electron chi connectivity index (χ4n) is 7.44. The van der Waals surface area contributed by atoms with E-state index in [1.54, 1.807) is 12.2 Å². The Balaban J connectivity index is 1.17. The molecule has 0 spiro atoms. The zero-order valence-corrected chi connectivity index (χ0v) is 32.7. The minimum Gasteiger partial charge on any atom is -0.300 e. The van der Waals surface area contributed by atoms with Crippen LogP contribution in [0, 0.1) is 10.8 Å². The molecule has 1 heterocycles. The topological polar surface area (TPSA) is 86.4 Å². The highest BCUT2D eigenvalue weighted by molar-refractivity contribution is 6.14. The van der Waals surface area contributed by atoms with Gasteiger partial charge in [-0.3, -0.25) is 0 Å². The van der Waals surface area contributed by atoms with Crippen LogP contribution in [0.15, 0.2) is 224 Å². The van der Waals surface area contributed by atoms with E-state index >= 15 is 0 Å². The van der Waals surface area contributed by atoms with Gasteiger partial charge in [-0.05, 0) is 67.8 Å². The van der Waals surface area contributed by atoms with Crippen molar-refractivity contribution in [2.45, 2.75) is 0 Å². The molecule has 5 heteroatoms. The van der Waals surface area contributed by atoms with E-state index in [2.05, 4.69) is 97.1 Å². The average Bonchev–Trinajstić information content (AvgIpc) is 3.34. The monoisotopic (exact) mass is 769 g/mol. The van der Waals surface area contributed by atoms with Crippen LogP contribution in [-0.2, 0) is 0 Å². The second-order valence-electron chi connectivity index (χ2n) is 14.4. The molecule has 9 aromatic rings. The molecule has 0 saturated heterocycles. The summed E-state index contributed by atoms with van der Waals surface area (Å²) in [5.74, 6) is 1.84. The third kappa shape index (κ3) is 8.01. The Hall–Kier alpha value is -8.15. The summed E-state index contributed by atoms with van der Waals surface area (Å²) in [6, 6.07) is 71.8. The van der Waals surface area contributed by atoms with E-state index in [1.807, 2.05) is 115 Å². The lowest BCUT2D eigenvalue weighted by molar-refractivity contribution is 1.07. The van der Waals surface area contributed by atoms with Gasteiger partial charge in [0, 0.05) is 16.7 Å². The number of allylic oxidation sites excluding steroid dienone is 2. The minimum atomic E-state index is 0.337. The van der Waals surface area contributed by atoms with Gasteiger partial charge in [0.1, 0.15) is 0 Å². The molecule has 0 saturated carbocycles. The largest absolute Gasteiger partial charge is 0.300 e. The first-order valence-electron chi connectivity index (χ1n) is 19.9. The van der Waals surface area contributed by atoms with Crippen LogP contribution in [0.1, 0.15) is 11.1 Å². The first-order chi connectivity index (χ1) is 29.6. The summed E-state index contributed by atoms with van der Waals surface area (Å²) < 4.78 is 0. The van der Waals surface area contributed by atoms with Crippen LogP contribution in [0.5, 0.6) is 0 Å². The Morgan fingerprint density at radius 3 is 0.950 bits per heavy atom. The van der Waals surface area contributed by atoms with Crippen molar-refractivity contribution in [2.24, 2.45) is 0 Å². The lowest BCUT2D eigenvalue weighted by Gasteiger charge is -2.21. The van der Waals surface area contributed by atoms with Crippen LogP contribution >= 0.6 is 0 Å². The molecule has 0 aliphatic heterocycles. The van der Waals surface area contributed by atoms with Gasteiger partial charge in [0.15, 0.2) is 17.5 Å². The summed E-state index contributed by atoms with van der Waals surface area (Å²) >= 11 is 0. The number of hydrogen-bond acceptors (Lipinski definition) is 5. The lowest BCUT2D eigenvalue weighted by Crippen LogP contribution is -2.00. The molecule has 0 amide bonds. The summed E-state index contributed by atoms with van der Waals surface area (Å²) in [4.78, 5) is 14.9. The quantitative estimate of drug-likeness (QED) is 0.128. The number of hydrogen-bond donors (Lipinski definition) is 2. The Morgan fingerprint density at radius 1 is 0.283 bits per heavy atom. The number of nitrogens with zero attached hydrogens (tertiary/aromatic N) is 3. The molecule has 5 nitrogen and oxygen atoms in total. The summed E-state index contributed by atoms with van der Waals surface area (Å²) in [5.41, 5.74) is 13.7. The van der Waals surface area contributed by atoms with Gasteiger partial charge >= 0.3 is 0 Å². The molecule has 284 valence electrons. The van der Waals surface area contributed by atoms with E-state index < -0.39 is 0 Å². The number of aromatic nitrogens is 3. The minimum absolute atomic E-state index is 0.337. The van der Waals surface area contributed by atoms with Gasteiger partial charge in [0.2, 0.25) is 0 Å². The highest BCUT2D eigenvalue weighted by Gasteiger charge is 2.20. The molecule has 0 radical (unpaired) electrons. The van der Waals surface area contributed by atoms with E-state index in [1.165, 1.54) is 0 Å². The van der Waals surface area contributed by atoms with Crippen LogP contribution in [0.2, 0.25) is 0 Å². The van der Waals surface area contributed by atoms with Crippen molar-refractivity contribution >= 4 is 11.4 Å². The highest BCUT2D eigenvalue weighted by Crippen LogP contribution is 2.46. The van der Waals surface area contributed by atoms with E-state index in [4.69, 9.17) is 25.8 Å². The molecule has 0 bridgehead atoms. The molecule has 8 aromatic carbocycles. The Morgan fingerprint density at radius 2 is 0.567 bits per heavy atom. The predicted octanol–water partition coefficient (Wildman–Crippen LogP) is 13.5. The van der Waals surface area contributed by atoms with Crippen molar-refractivity contribution in [3.63, 3.8) is 0 Å². The second kappa shape index (κ2) is 17.1. The van der Waals surface area contributed by atoms with E-state index in [0.717, 1.165) is 72.3 Å². The van der Waals surface area contributed by atoms with Crippen LogP contribution in [0.25, 0.3) is 78.7 Å². The van der Waals surface area contributed by atoms with Crippen molar-refractivity contribution in [3.05, 3.63) is 236 Å². The molecule has 0 aliphatic rings. The molecular weight excluding hydrogens is 731 g/mol. The van der Waals surface area contributed by atoms with Gasteiger partial charge in [0.25, 0.3) is 0 Å². The van der Waals surface area contributed by atoms with Crippen molar-refractivity contribution in [2.75, 3.05) is 0 Å². The third-order valence-corrected chi connectivity index (χ3v) is 10.5. The fourth-order valence-corrected chi connectivity index (χ4v) is 7.44. The van der Waals surface area contributed by atoms with Crippen LogP contribution in [0.3, 0.4) is 0 Å². The van der Waals surface area contributed by atoms with E-state index in [9.17, 15) is 0 Å². The van der Waals surface area contributed by atoms with Crippen molar-refractivity contribution in [1.29, 1.82) is 10.8 Å². The van der Waals surface area contributed by atoms with Gasteiger partial charge in [0.05, 0.1) is 11.4 Å². The summed E-state index contributed by atoms with van der Waals surface area (Å²) in [6.45, 7) is 0. The Labute approximate surface area is 350 Å². The number of rotatable bonds is 11. The summed E-state index contributed by atoms with van der Waals surface area (Å²) in [6.07, 6.45) is 3.38. The van der Waals surface area contributed by atoms with Crippen LogP contribution < -0.4 is 0 Å². The zero-order chi connectivity index (χ0) is 40.7. The first-order valence-corrected chi connectivity index (χ1v) is 19.9. The predicted molar refractivity (Wildman–Crippen MR) is 247 cm³/mol. The molecule has 9 rings (SSSR count). The maximum absolute atomic E-state index is 8.88. The molecule has 1 aromatic heterocycles. The van der Waals surface area contributed by atoms with Gasteiger partial charge in [-0.2, -0.15) is 0 Å². The lowest BCUT2D eigenvalue weighted by atomic mass is 9.82. The normalized spacial score (nSPS) is 11.1. The van der Waals surface area contributed by atoms with Gasteiger partial charge in [-0.15, -0.1) is 0 Å². The maximum Gasteiger partial charge on any atom is 0.164 e. The van der Waals surface area contributed by atoms with Crippen LogP contribution in [0.4, 0.5) is 0 Å². The van der Waals surface area contributed by atoms with E-state index in [-0.39, 0.29) is 0 Å². The Kier molecular flexibility index (Phi) is 10.7. The standard InChI is InChI=1S/C55H39N5/c56-49(40-20-10-3-11-21-40)36-37-50(57)41-26-28-42(29-27-41)51-47(38-16-6-1-7-17-38)34-35-48(39-18-8-2-9-19-39)52(51)43-30-32-46(33-31-43)55-59-53(44-22-12-4-13-23-44)58-54(60-55)45-24-14-5-15-25-45/h1-37,56-57H/b37-36-,56-49?,57-50?. The van der Waals surface area contributed by atoms with Crippen molar-refractivity contribution in [1.82, 2.24) is 15.0 Å². The molecule has 0 atom stereocenters. The van der Waals surface area contributed by atoms with E-state index in [0.29, 0.717) is 28.9 Å². The molecule has 0 aliphatic carbocycles. The van der Waals surface area contributed by atoms with Gasteiger partial charge in [-0.1, -0.05) is 212 Å². The third-order valence-electron chi connectivity index (χ3n) is 10.5. The first kappa shape index (κ1) is 37.4. The zero-order valence-electron chi connectivity index (χ0n) is 32.7. The molecular formula is C55H39N5. The molecule has 0 fully saturated rings. The molecule has 2 N–H and O–H groups in total. The summed E-state index contributed by atoms with van der Waals surface area (Å²) in [5, 5.41) is 17.4. The SMILES string of the molecule is N=C(/C=C\C(=N)c1ccc(-c2c(-c3ccccc3)ccc(-c3ccccc3)c2-c2ccc(-c3nc(-c4ccccc4)nc(-c4ccccc4)n3)cc2)cc1)c1ccccc1. The number of benzene rings is 8. The molecule has 60 heavy (non-hydrogen) atoms.